The summed E-state index contributed by atoms with van der Waals surface area (Å²) in [7, 11) is 0. The SMILES string of the molecule is O=C(O)Cc1ccc(Br)c(Br)c1OC(F)F. The zero-order valence-electron chi connectivity index (χ0n) is 7.71. The van der Waals surface area contributed by atoms with Gasteiger partial charge in [-0.2, -0.15) is 8.78 Å². The summed E-state index contributed by atoms with van der Waals surface area (Å²) in [5.74, 6) is -1.28. The number of hydrogen-bond donors (Lipinski definition) is 1. The van der Waals surface area contributed by atoms with Crippen molar-refractivity contribution in [1.82, 2.24) is 0 Å². The van der Waals surface area contributed by atoms with Crippen molar-refractivity contribution in [2.45, 2.75) is 13.0 Å². The molecule has 1 N–H and O–H groups in total. The number of benzene rings is 1. The van der Waals surface area contributed by atoms with Crippen LogP contribution in [0.5, 0.6) is 5.75 Å². The van der Waals surface area contributed by atoms with Crippen molar-refractivity contribution < 1.29 is 23.4 Å². The quantitative estimate of drug-likeness (QED) is 0.895. The molecule has 0 spiro atoms. The predicted molar refractivity (Wildman–Crippen MR) is 59.8 cm³/mol. The third-order valence-corrected chi connectivity index (χ3v) is 3.66. The van der Waals surface area contributed by atoms with E-state index in [-0.39, 0.29) is 22.2 Å². The fourth-order valence-electron chi connectivity index (χ4n) is 1.09. The molecular formula is C9H6Br2F2O3. The second-order valence-electron chi connectivity index (χ2n) is 2.80. The molecule has 88 valence electrons. The average molecular weight is 360 g/mol. The first kappa shape index (κ1) is 13.4. The Labute approximate surface area is 107 Å². The Balaban J connectivity index is 3.15. The van der Waals surface area contributed by atoms with Crippen LogP contribution in [-0.2, 0) is 11.2 Å². The van der Waals surface area contributed by atoms with E-state index in [0.29, 0.717) is 4.47 Å². The molecule has 0 saturated heterocycles. The fraction of sp³-hybridized carbons (Fsp3) is 0.222. The largest absolute Gasteiger partial charge is 0.481 e. The lowest BCUT2D eigenvalue weighted by Crippen LogP contribution is -2.08. The van der Waals surface area contributed by atoms with E-state index < -0.39 is 12.6 Å². The lowest BCUT2D eigenvalue weighted by molar-refractivity contribution is -0.136. The van der Waals surface area contributed by atoms with Gasteiger partial charge in [0.2, 0.25) is 0 Å². The maximum Gasteiger partial charge on any atom is 0.387 e. The molecule has 0 atom stereocenters. The molecule has 0 bridgehead atoms. The number of aliphatic carboxylic acids is 1. The van der Waals surface area contributed by atoms with Gasteiger partial charge < -0.3 is 9.84 Å². The van der Waals surface area contributed by atoms with Gasteiger partial charge in [0, 0.05) is 10.0 Å². The molecule has 1 rings (SSSR count). The van der Waals surface area contributed by atoms with E-state index in [4.69, 9.17) is 5.11 Å². The molecule has 0 radical (unpaired) electrons. The molecule has 0 amide bonds. The summed E-state index contributed by atoms with van der Waals surface area (Å²) in [6, 6.07) is 2.97. The standard InChI is InChI=1S/C9H6Br2F2O3/c10-5-2-1-4(3-6(14)15)8(7(5)11)16-9(12)13/h1-2,9H,3H2,(H,14,15). The summed E-state index contributed by atoms with van der Waals surface area (Å²) in [4.78, 5) is 10.5. The summed E-state index contributed by atoms with van der Waals surface area (Å²) in [5.41, 5.74) is 0.183. The number of carboxylic acids is 1. The number of halogens is 4. The number of carbonyl (C=O) groups is 1. The molecule has 0 aliphatic carbocycles. The van der Waals surface area contributed by atoms with Gasteiger partial charge in [0.15, 0.2) is 0 Å². The monoisotopic (exact) mass is 358 g/mol. The van der Waals surface area contributed by atoms with Crippen LogP contribution in [0.2, 0.25) is 0 Å². The summed E-state index contributed by atoms with van der Waals surface area (Å²) >= 11 is 6.17. The van der Waals surface area contributed by atoms with E-state index in [2.05, 4.69) is 36.6 Å². The maximum absolute atomic E-state index is 12.1. The zero-order valence-corrected chi connectivity index (χ0v) is 10.9. The van der Waals surface area contributed by atoms with Crippen LogP contribution in [0, 0.1) is 0 Å². The van der Waals surface area contributed by atoms with Gasteiger partial charge >= 0.3 is 12.6 Å². The van der Waals surface area contributed by atoms with Crippen molar-refractivity contribution in [1.29, 1.82) is 0 Å². The van der Waals surface area contributed by atoms with Gasteiger partial charge in [-0.25, -0.2) is 0 Å². The van der Waals surface area contributed by atoms with Gasteiger partial charge in [0.05, 0.1) is 10.9 Å². The molecule has 7 heteroatoms. The molecule has 0 heterocycles. The third-order valence-electron chi connectivity index (χ3n) is 1.68. The van der Waals surface area contributed by atoms with E-state index >= 15 is 0 Å². The first-order valence-corrected chi connectivity index (χ1v) is 5.64. The lowest BCUT2D eigenvalue weighted by Gasteiger charge is -2.12. The molecule has 1 aromatic rings. The summed E-state index contributed by atoms with van der Waals surface area (Å²) in [6.07, 6.45) is -0.381. The number of carboxylic acid groups (broad SMARTS) is 1. The average Bonchev–Trinajstić information content (AvgIpc) is 2.16. The van der Waals surface area contributed by atoms with Gasteiger partial charge in [-0.3, -0.25) is 4.79 Å². The number of ether oxygens (including phenoxy) is 1. The van der Waals surface area contributed by atoms with E-state index in [1.807, 2.05) is 0 Å². The molecule has 0 fully saturated rings. The molecule has 0 unspecified atom stereocenters. The van der Waals surface area contributed by atoms with Crippen LogP contribution >= 0.6 is 31.9 Å². The van der Waals surface area contributed by atoms with Gasteiger partial charge in [-0.1, -0.05) is 6.07 Å². The van der Waals surface area contributed by atoms with Crippen molar-refractivity contribution in [2.24, 2.45) is 0 Å². The fourth-order valence-corrected chi connectivity index (χ4v) is 1.88. The van der Waals surface area contributed by atoms with Crippen LogP contribution in [0.3, 0.4) is 0 Å². The Morgan fingerprint density at radius 2 is 2.06 bits per heavy atom. The molecule has 16 heavy (non-hydrogen) atoms. The Hall–Kier alpha value is -0.690. The Kier molecular flexibility index (Phi) is 4.67. The first-order valence-electron chi connectivity index (χ1n) is 4.05. The van der Waals surface area contributed by atoms with Crippen LogP contribution in [0.1, 0.15) is 5.56 Å². The third kappa shape index (κ3) is 3.41. The van der Waals surface area contributed by atoms with E-state index in [9.17, 15) is 13.6 Å². The van der Waals surface area contributed by atoms with Crippen molar-refractivity contribution in [3.05, 3.63) is 26.6 Å². The van der Waals surface area contributed by atoms with Crippen LogP contribution in [0.4, 0.5) is 8.78 Å². The minimum Gasteiger partial charge on any atom is -0.481 e. The minimum absolute atomic E-state index is 0.160. The van der Waals surface area contributed by atoms with Gasteiger partial charge in [-0.15, -0.1) is 0 Å². The molecule has 3 nitrogen and oxygen atoms in total. The van der Waals surface area contributed by atoms with Crippen LogP contribution in [-0.4, -0.2) is 17.7 Å². The van der Waals surface area contributed by atoms with Crippen molar-refractivity contribution in [2.75, 3.05) is 0 Å². The van der Waals surface area contributed by atoms with Crippen molar-refractivity contribution >= 4 is 37.8 Å². The molecule has 0 aliphatic rings. The highest BCUT2D eigenvalue weighted by molar-refractivity contribution is 9.13. The highest BCUT2D eigenvalue weighted by Crippen LogP contribution is 2.36. The Morgan fingerprint density at radius 1 is 1.44 bits per heavy atom. The zero-order chi connectivity index (χ0) is 12.3. The highest BCUT2D eigenvalue weighted by Gasteiger charge is 2.17. The highest BCUT2D eigenvalue weighted by atomic mass is 79.9. The molecule has 0 aromatic heterocycles. The van der Waals surface area contributed by atoms with E-state index in [1.54, 1.807) is 6.07 Å². The smallest absolute Gasteiger partial charge is 0.387 e. The molecular weight excluding hydrogens is 354 g/mol. The predicted octanol–water partition coefficient (Wildman–Crippen LogP) is 3.44. The van der Waals surface area contributed by atoms with E-state index in [0.717, 1.165) is 0 Å². The van der Waals surface area contributed by atoms with Crippen molar-refractivity contribution in [3.8, 4) is 5.75 Å². The van der Waals surface area contributed by atoms with Crippen molar-refractivity contribution in [3.63, 3.8) is 0 Å². The Bertz CT molecular complexity index is 410. The summed E-state index contributed by atoms with van der Waals surface area (Å²) < 4.78 is 29.4. The van der Waals surface area contributed by atoms with E-state index in [1.165, 1.54) is 6.07 Å². The Morgan fingerprint density at radius 3 is 2.56 bits per heavy atom. The summed E-state index contributed by atoms with van der Waals surface area (Å²) in [5, 5.41) is 8.62. The molecule has 0 saturated carbocycles. The normalized spacial score (nSPS) is 10.6. The maximum atomic E-state index is 12.1. The first-order chi connectivity index (χ1) is 7.41. The molecule has 1 aromatic carbocycles. The van der Waals surface area contributed by atoms with Gasteiger partial charge in [0.1, 0.15) is 5.75 Å². The number of alkyl halides is 2. The number of hydrogen-bond acceptors (Lipinski definition) is 2. The summed E-state index contributed by atoms with van der Waals surface area (Å²) in [6.45, 7) is -3.00. The van der Waals surface area contributed by atoms with Crippen LogP contribution in [0.15, 0.2) is 21.1 Å². The number of rotatable bonds is 4. The topological polar surface area (TPSA) is 46.5 Å². The van der Waals surface area contributed by atoms with Gasteiger partial charge in [-0.05, 0) is 37.9 Å². The lowest BCUT2D eigenvalue weighted by atomic mass is 10.1. The molecule has 0 aliphatic heterocycles. The van der Waals surface area contributed by atoms with Crippen LogP contribution in [0.25, 0.3) is 0 Å². The van der Waals surface area contributed by atoms with Gasteiger partial charge in [0.25, 0.3) is 0 Å². The second-order valence-corrected chi connectivity index (χ2v) is 4.45. The van der Waals surface area contributed by atoms with Crippen LogP contribution < -0.4 is 4.74 Å². The second kappa shape index (κ2) is 5.58. The minimum atomic E-state index is -3.00.